The summed E-state index contributed by atoms with van der Waals surface area (Å²) in [5, 5.41) is 0. The van der Waals surface area contributed by atoms with E-state index in [0.717, 1.165) is 68.6 Å². The van der Waals surface area contributed by atoms with E-state index in [9.17, 15) is 0 Å². The lowest BCUT2D eigenvalue weighted by Crippen LogP contribution is -2.38. The molecule has 2 aliphatic rings. The standard InChI is InChI=1S/C20H25N3O3/c1-24-18-4-2-3-5-19(18)26-16-6-9-23(10-7-16)20-12-17(21-14-22-20)15-8-11-25-13-15/h2-5,12,14-16H,6-11,13H2,1H3/t15-/m0/s1. The average molecular weight is 355 g/mol. The van der Waals surface area contributed by atoms with Gasteiger partial charge in [0.25, 0.3) is 0 Å². The monoisotopic (exact) mass is 355 g/mol. The molecule has 0 aliphatic carbocycles. The Morgan fingerprint density at radius 2 is 1.88 bits per heavy atom. The molecule has 6 nitrogen and oxygen atoms in total. The van der Waals surface area contributed by atoms with Gasteiger partial charge in [0, 0.05) is 44.5 Å². The maximum absolute atomic E-state index is 6.17. The maximum atomic E-state index is 6.17. The topological polar surface area (TPSA) is 56.7 Å². The van der Waals surface area contributed by atoms with E-state index in [1.165, 1.54) is 0 Å². The molecule has 138 valence electrons. The second-order valence-corrected chi connectivity index (χ2v) is 6.82. The average Bonchev–Trinajstić information content (AvgIpc) is 3.24. The van der Waals surface area contributed by atoms with Crippen LogP contribution in [0.5, 0.6) is 11.5 Å². The van der Waals surface area contributed by atoms with Crippen molar-refractivity contribution in [3.8, 4) is 11.5 Å². The zero-order valence-corrected chi connectivity index (χ0v) is 15.1. The first-order valence-corrected chi connectivity index (χ1v) is 9.28. The molecule has 0 unspecified atom stereocenters. The SMILES string of the molecule is COc1ccccc1OC1CCN(c2cc([C@H]3CCOC3)ncn2)CC1. The zero-order valence-electron chi connectivity index (χ0n) is 15.1. The maximum Gasteiger partial charge on any atom is 0.161 e. The Bertz CT molecular complexity index is 726. The predicted octanol–water partition coefficient (Wildman–Crippen LogP) is 3.04. The summed E-state index contributed by atoms with van der Waals surface area (Å²) >= 11 is 0. The Hall–Kier alpha value is -2.34. The number of aromatic nitrogens is 2. The summed E-state index contributed by atoms with van der Waals surface area (Å²) in [4.78, 5) is 11.3. The minimum atomic E-state index is 0.201. The molecule has 0 amide bonds. The van der Waals surface area contributed by atoms with Crippen molar-refractivity contribution in [2.45, 2.75) is 31.3 Å². The first-order chi connectivity index (χ1) is 12.8. The third-order valence-electron chi connectivity index (χ3n) is 5.15. The number of ether oxygens (including phenoxy) is 3. The molecular formula is C20H25N3O3. The molecule has 2 aliphatic heterocycles. The Balaban J connectivity index is 1.37. The molecule has 2 fully saturated rings. The normalized spacial score (nSPS) is 21.0. The van der Waals surface area contributed by atoms with Gasteiger partial charge in [-0.05, 0) is 18.6 Å². The first kappa shape index (κ1) is 17.1. The van der Waals surface area contributed by atoms with Gasteiger partial charge >= 0.3 is 0 Å². The van der Waals surface area contributed by atoms with Crippen LogP contribution in [0.1, 0.15) is 30.9 Å². The van der Waals surface area contributed by atoms with Gasteiger partial charge in [-0.25, -0.2) is 9.97 Å². The molecule has 0 N–H and O–H groups in total. The van der Waals surface area contributed by atoms with Crippen LogP contribution in [0.3, 0.4) is 0 Å². The minimum absolute atomic E-state index is 0.201. The lowest BCUT2D eigenvalue weighted by molar-refractivity contribution is 0.164. The Kier molecular flexibility index (Phi) is 5.20. The van der Waals surface area contributed by atoms with E-state index >= 15 is 0 Å². The third kappa shape index (κ3) is 3.75. The van der Waals surface area contributed by atoms with Crippen molar-refractivity contribution in [1.29, 1.82) is 0 Å². The van der Waals surface area contributed by atoms with Crippen molar-refractivity contribution >= 4 is 5.82 Å². The number of methoxy groups -OCH3 is 1. The highest BCUT2D eigenvalue weighted by atomic mass is 16.5. The third-order valence-corrected chi connectivity index (χ3v) is 5.15. The summed E-state index contributed by atoms with van der Waals surface area (Å²) in [6.07, 6.45) is 4.85. The predicted molar refractivity (Wildman–Crippen MR) is 99.1 cm³/mol. The molecule has 1 atom stereocenters. The van der Waals surface area contributed by atoms with Crippen LogP contribution in [0.25, 0.3) is 0 Å². The molecule has 1 aromatic carbocycles. The number of piperidine rings is 1. The number of hydrogen-bond donors (Lipinski definition) is 0. The summed E-state index contributed by atoms with van der Waals surface area (Å²) in [6, 6.07) is 9.95. The van der Waals surface area contributed by atoms with E-state index in [-0.39, 0.29) is 6.10 Å². The van der Waals surface area contributed by atoms with Gasteiger partial charge in [0.2, 0.25) is 0 Å². The zero-order chi connectivity index (χ0) is 17.8. The van der Waals surface area contributed by atoms with Crippen LogP contribution in [0.15, 0.2) is 36.7 Å². The molecule has 4 rings (SSSR count). The molecule has 0 radical (unpaired) electrons. The smallest absolute Gasteiger partial charge is 0.161 e. The largest absolute Gasteiger partial charge is 0.493 e. The van der Waals surface area contributed by atoms with Crippen molar-refractivity contribution in [1.82, 2.24) is 9.97 Å². The molecule has 2 saturated heterocycles. The van der Waals surface area contributed by atoms with Crippen LogP contribution >= 0.6 is 0 Å². The molecule has 0 bridgehead atoms. The van der Waals surface area contributed by atoms with Gasteiger partial charge in [-0.1, -0.05) is 12.1 Å². The van der Waals surface area contributed by atoms with Crippen molar-refractivity contribution in [3.63, 3.8) is 0 Å². The molecule has 0 saturated carbocycles. The lowest BCUT2D eigenvalue weighted by atomic mass is 10.0. The van der Waals surface area contributed by atoms with Crippen LogP contribution in [-0.4, -0.2) is 49.5 Å². The molecular weight excluding hydrogens is 330 g/mol. The highest BCUT2D eigenvalue weighted by molar-refractivity contribution is 5.41. The molecule has 1 aromatic heterocycles. The van der Waals surface area contributed by atoms with Crippen molar-refractivity contribution < 1.29 is 14.2 Å². The van der Waals surface area contributed by atoms with Gasteiger partial charge in [0.15, 0.2) is 11.5 Å². The number of nitrogens with zero attached hydrogens (tertiary/aromatic N) is 3. The summed E-state index contributed by atoms with van der Waals surface area (Å²) in [5.41, 5.74) is 1.10. The van der Waals surface area contributed by atoms with Gasteiger partial charge in [-0.3, -0.25) is 0 Å². The molecule has 26 heavy (non-hydrogen) atoms. The molecule has 0 spiro atoms. The van der Waals surface area contributed by atoms with Crippen molar-refractivity contribution in [2.75, 3.05) is 38.3 Å². The van der Waals surface area contributed by atoms with Crippen molar-refractivity contribution in [3.05, 3.63) is 42.4 Å². The fraction of sp³-hybridized carbons (Fsp3) is 0.500. The lowest BCUT2D eigenvalue weighted by Gasteiger charge is -2.33. The van der Waals surface area contributed by atoms with E-state index < -0.39 is 0 Å². The summed E-state index contributed by atoms with van der Waals surface area (Å²) in [7, 11) is 1.67. The van der Waals surface area contributed by atoms with E-state index in [2.05, 4.69) is 20.9 Å². The second-order valence-electron chi connectivity index (χ2n) is 6.82. The molecule has 6 heteroatoms. The summed E-state index contributed by atoms with van der Waals surface area (Å²) in [6.45, 7) is 3.45. The Morgan fingerprint density at radius 3 is 2.62 bits per heavy atom. The number of hydrogen-bond acceptors (Lipinski definition) is 6. The summed E-state index contributed by atoms with van der Waals surface area (Å²) < 4.78 is 17.0. The van der Waals surface area contributed by atoms with Crippen LogP contribution in [0.4, 0.5) is 5.82 Å². The van der Waals surface area contributed by atoms with E-state index in [1.54, 1.807) is 13.4 Å². The van der Waals surface area contributed by atoms with Gasteiger partial charge in [0.1, 0.15) is 18.2 Å². The van der Waals surface area contributed by atoms with Crippen LogP contribution in [0, 0.1) is 0 Å². The van der Waals surface area contributed by atoms with Gasteiger partial charge in [0.05, 0.1) is 19.4 Å². The van der Waals surface area contributed by atoms with Crippen LogP contribution < -0.4 is 14.4 Å². The van der Waals surface area contributed by atoms with Gasteiger partial charge in [-0.2, -0.15) is 0 Å². The highest BCUT2D eigenvalue weighted by Crippen LogP contribution is 2.30. The number of rotatable bonds is 5. The van der Waals surface area contributed by atoms with E-state index in [0.29, 0.717) is 5.92 Å². The van der Waals surface area contributed by atoms with Crippen molar-refractivity contribution in [2.24, 2.45) is 0 Å². The van der Waals surface area contributed by atoms with Crippen LogP contribution in [-0.2, 0) is 4.74 Å². The summed E-state index contributed by atoms with van der Waals surface area (Å²) in [5.74, 6) is 3.02. The van der Waals surface area contributed by atoms with Gasteiger partial charge in [-0.15, -0.1) is 0 Å². The molecule has 3 heterocycles. The number of para-hydroxylation sites is 2. The fourth-order valence-corrected chi connectivity index (χ4v) is 3.62. The quantitative estimate of drug-likeness (QED) is 0.822. The minimum Gasteiger partial charge on any atom is -0.493 e. The van der Waals surface area contributed by atoms with Gasteiger partial charge < -0.3 is 19.1 Å². The first-order valence-electron chi connectivity index (χ1n) is 9.28. The number of benzene rings is 1. The van der Waals surface area contributed by atoms with E-state index in [4.69, 9.17) is 14.2 Å². The highest BCUT2D eigenvalue weighted by Gasteiger charge is 2.24. The fourth-order valence-electron chi connectivity index (χ4n) is 3.62. The second kappa shape index (κ2) is 7.91. The van der Waals surface area contributed by atoms with Crippen LogP contribution in [0.2, 0.25) is 0 Å². The number of anilines is 1. The Morgan fingerprint density at radius 1 is 1.08 bits per heavy atom. The van der Waals surface area contributed by atoms with E-state index in [1.807, 2.05) is 24.3 Å². The molecule has 2 aromatic rings. The Labute approximate surface area is 154 Å².